The van der Waals surface area contributed by atoms with E-state index in [1.807, 2.05) is 44.6 Å². The molecule has 0 aliphatic heterocycles. The van der Waals surface area contributed by atoms with Crippen molar-refractivity contribution in [3.63, 3.8) is 0 Å². The van der Waals surface area contributed by atoms with E-state index in [2.05, 4.69) is 26.8 Å². The van der Waals surface area contributed by atoms with Crippen molar-refractivity contribution in [2.75, 3.05) is 12.4 Å². The van der Waals surface area contributed by atoms with Gasteiger partial charge in [0.15, 0.2) is 0 Å². The second-order valence-electron chi connectivity index (χ2n) is 6.04. The maximum Gasteiger partial charge on any atom is 0.126 e. The summed E-state index contributed by atoms with van der Waals surface area (Å²) in [5.74, 6) is 0.817. The molecule has 25 heavy (non-hydrogen) atoms. The molecule has 0 aromatic carbocycles. The van der Waals surface area contributed by atoms with Crippen LogP contribution in [0.1, 0.15) is 30.2 Å². The van der Waals surface area contributed by atoms with Crippen molar-refractivity contribution in [1.29, 1.82) is 0 Å². The van der Waals surface area contributed by atoms with Gasteiger partial charge in [-0.25, -0.2) is 4.98 Å². The average Bonchev–Trinajstić information content (AvgIpc) is 2.65. The fourth-order valence-corrected chi connectivity index (χ4v) is 2.77. The van der Waals surface area contributed by atoms with E-state index in [-0.39, 0.29) is 0 Å². The summed E-state index contributed by atoms with van der Waals surface area (Å²) in [6.45, 7) is 5.69. The molecule has 3 aromatic heterocycles. The van der Waals surface area contributed by atoms with Gasteiger partial charge in [-0.2, -0.15) is 0 Å². The van der Waals surface area contributed by atoms with Crippen molar-refractivity contribution in [3.8, 4) is 11.3 Å². The van der Waals surface area contributed by atoms with E-state index in [0.29, 0.717) is 12.1 Å². The Morgan fingerprint density at radius 1 is 1.12 bits per heavy atom. The number of aromatic nitrogens is 3. The first-order valence-electron chi connectivity index (χ1n) is 8.32. The summed E-state index contributed by atoms with van der Waals surface area (Å²) < 4.78 is 0. The second kappa shape index (κ2) is 7.40. The smallest absolute Gasteiger partial charge is 0.126 e. The predicted octanol–water partition coefficient (Wildman–Crippen LogP) is 4.04. The number of nitrogens with one attached hydrogen (secondary N) is 1. The van der Waals surface area contributed by atoms with Crippen molar-refractivity contribution in [2.45, 2.75) is 25.9 Å². The second-order valence-corrected chi connectivity index (χ2v) is 6.04. The average molecular weight is 334 g/mol. The maximum atomic E-state index is 10.2. The molecule has 0 spiro atoms. The minimum absolute atomic E-state index is 0.570. The number of fused-ring (bicyclic) bond motifs is 1. The van der Waals surface area contributed by atoms with Gasteiger partial charge in [-0.3, -0.25) is 9.97 Å². The number of pyridine rings is 3. The van der Waals surface area contributed by atoms with Crippen molar-refractivity contribution in [1.82, 2.24) is 15.0 Å². The first-order chi connectivity index (χ1) is 12.1. The van der Waals surface area contributed by atoms with Crippen LogP contribution < -0.4 is 5.32 Å². The van der Waals surface area contributed by atoms with Crippen LogP contribution in [0.3, 0.4) is 0 Å². The van der Waals surface area contributed by atoms with Gasteiger partial charge >= 0.3 is 0 Å². The van der Waals surface area contributed by atoms with Gasteiger partial charge in [0, 0.05) is 42.0 Å². The van der Waals surface area contributed by atoms with Crippen LogP contribution in [-0.4, -0.2) is 27.1 Å². The highest BCUT2D eigenvalue weighted by atomic mass is 16.3. The number of allylic oxidation sites excluding steroid dienone is 1. The van der Waals surface area contributed by atoms with Gasteiger partial charge in [0.1, 0.15) is 5.82 Å². The molecule has 0 saturated carbocycles. The van der Waals surface area contributed by atoms with Gasteiger partial charge in [-0.05, 0) is 43.5 Å². The molecule has 128 valence electrons. The van der Waals surface area contributed by atoms with Gasteiger partial charge in [0.2, 0.25) is 0 Å². The number of hydrogen-bond donors (Lipinski definition) is 2. The Morgan fingerprint density at radius 2 is 1.88 bits per heavy atom. The molecule has 3 aromatic rings. The summed E-state index contributed by atoms with van der Waals surface area (Å²) in [6.07, 6.45) is 8.09. The zero-order valence-corrected chi connectivity index (χ0v) is 14.5. The van der Waals surface area contributed by atoms with E-state index < -0.39 is 6.10 Å². The molecule has 0 fully saturated rings. The summed E-state index contributed by atoms with van der Waals surface area (Å²) in [4.78, 5) is 13.3. The molecule has 5 heteroatoms. The van der Waals surface area contributed by atoms with Crippen LogP contribution in [0.2, 0.25) is 0 Å². The molecular weight excluding hydrogens is 312 g/mol. The zero-order chi connectivity index (χ0) is 17.8. The molecule has 0 aliphatic rings. The number of aliphatic hydroxyl groups is 1. The molecule has 5 nitrogen and oxygen atoms in total. The molecule has 3 heterocycles. The lowest BCUT2D eigenvalue weighted by Crippen LogP contribution is -2.01. The van der Waals surface area contributed by atoms with Crippen LogP contribution in [0.25, 0.3) is 22.0 Å². The third-order valence-electron chi connectivity index (χ3n) is 4.25. The lowest BCUT2D eigenvalue weighted by Gasteiger charge is -2.12. The first kappa shape index (κ1) is 17.0. The van der Waals surface area contributed by atoms with Crippen LogP contribution in [-0.2, 0) is 0 Å². The van der Waals surface area contributed by atoms with Crippen molar-refractivity contribution >= 4 is 16.6 Å². The summed E-state index contributed by atoms with van der Waals surface area (Å²) in [5.41, 5.74) is 3.53. The standard InChI is InChI=1S/C20H22N4O/c1-4-5-6-19(25)18-7-13(2)16(12-23-18)17-8-14-11-24-20(21-3)9-15(14)10-22-17/h4,7-12,19,25H,1,5-6H2,2-3H3,(H,21,24). The Hall–Kier alpha value is -2.79. The number of aliphatic hydroxyl groups excluding tert-OH is 1. The highest BCUT2D eigenvalue weighted by molar-refractivity contribution is 5.86. The molecule has 0 saturated heterocycles. The number of aryl methyl sites for hydroxylation is 1. The van der Waals surface area contributed by atoms with E-state index in [0.717, 1.165) is 39.8 Å². The Morgan fingerprint density at radius 3 is 2.60 bits per heavy atom. The lowest BCUT2D eigenvalue weighted by molar-refractivity contribution is 0.164. The fraction of sp³-hybridized carbons (Fsp3) is 0.250. The molecule has 0 amide bonds. The van der Waals surface area contributed by atoms with E-state index in [1.54, 1.807) is 12.3 Å². The summed E-state index contributed by atoms with van der Waals surface area (Å²) >= 11 is 0. The minimum atomic E-state index is -0.570. The summed E-state index contributed by atoms with van der Waals surface area (Å²) in [5, 5.41) is 15.3. The molecule has 0 radical (unpaired) electrons. The van der Waals surface area contributed by atoms with Crippen LogP contribution in [0, 0.1) is 6.92 Å². The molecular formula is C20H22N4O. The van der Waals surface area contributed by atoms with Gasteiger partial charge in [0.25, 0.3) is 0 Å². The fourth-order valence-electron chi connectivity index (χ4n) is 2.77. The molecule has 2 N–H and O–H groups in total. The van der Waals surface area contributed by atoms with E-state index in [1.165, 1.54) is 0 Å². The highest BCUT2D eigenvalue weighted by Gasteiger charge is 2.12. The highest BCUT2D eigenvalue weighted by Crippen LogP contribution is 2.27. The Labute approximate surface area is 147 Å². The monoisotopic (exact) mass is 334 g/mol. The van der Waals surface area contributed by atoms with Crippen LogP contribution in [0.5, 0.6) is 0 Å². The third kappa shape index (κ3) is 3.67. The number of nitrogens with zero attached hydrogens (tertiary/aromatic N) is 3. The quantitative estimate of drug-likeness (QED) is 0.666. The van der Waals surface area contributed by atoms with Crippen molar-refractivity contribution in [2.24, 2.45) is 0 Å². The minimum Gasteiger partial charge on any atom is -0.387 e. The Bertz CT molecular complexity index is 907. The molecule has 1 atom stereocenters. The van der Waals surface area contributed by atoms with E-state index in [9.17, 15) is 5.11 Å². The van der Waals surface area contributed by atoms with Crippen LogP contribution in [0.4, 0.5) is 5.82 Å². The van der Waals surface area contributed by atoms with Gasteiger partial charge in [-0.15, -0.1) is 6.58 Å². The topological polar surface area (TPSA) is 70.9 Å². The van der Waals surface area contributed by atoms with Crippen molar-refractivity contribution < 1.29 is 5.11 Å². The van der Waals surface area contributed by atoms with Gasteiger partial charge < -0.3 is 10.4 Å². The lowest BCUT2D eigenvalue weighted by atomic mass is 10.0. The molecule has 3 rings (SSSR count). The SMILES string of the molecule is C=CCCC(O)c1cc(C)c(-c2cc3cnc(NC)cc3cn2)cn1. The number of hydrogen-bond acceptors (Lipinski definition) is 5. The largest absolute Gasteiger partial charge is 0.387 e. The molecule has 0 aliphatic carbocycles. The normalized spacial score (nSPS) is 12.1. The Kier molecular flexibility index (Phi) is 5.05. The van der Waals surface area contributed by atoms with Crippen LogP contribution in [0.15, 0.2) is 49.4 Å². The summed E-state index contributed by atoms with van der Waals surface area (Å²) in [7, 11) is 1.84. The molecule has 0 bridgehead atoms. The first-order valence-corrected chi connectivity index (χ1v) is 8.32. The number of anilines is 1. The zero-order valence-electron chi connectivity index (χ0n) is 14.5. The van der Waals surface area contributed by atoms with Crippen molar-refractivity contribution in [3.05, 3.63) is 60.7 Å². The predicted molar refractivity (Wildman–Crippen MR) is 101 cm³/mol. The Balaban J connectivity index is 1.93. The van der Waals surface area contributed by atoms with E-state index >= 15 is 0 Å². The van der Waals surface area contributed by atoms with Gasteiger partial charge in [0.05, 0.1) is 17.5 Å². The van der Waals surface area contributed by atoms with E-state index in [4.69, 9.17) is 0 Å². The van der Waals surface area contributed by atoms with Crippen LogP contribution >= 0.6 is 0 Å². The molecule has 1 unspecified atom stereocenters. The maximum absolute atomic E-state index is 10.2. The summed E-state index contributed by atoms with van der Waals surface area (Å²) in [6, 6.07) is 5.91. The number of rotatable bonds is 6. The third-order valence-corrected chi connectivity index (χ3v) is 4.25. The van der Waals surface area contributed by atoms with Gasteiger partial charge in [-0.1, -0.05) is 6.08 Å².